The molecule has 0 atom stereocenters. The molecule has 0 saturated carbocycles. The van der Waals surface area contributed by atoms with Gasteiger partial charge in [0, 0.05) is 26.8 Å². The third kappa shape index (κ3) is 3.41. The minimum absolute atomic E-state index is 0.333. The van der Waals surface area contributed by atoms with E-state index in [0.717, 1.165) is 6.54 Å². The van der Waals surface area contributed by atoms with Gasteiger partial charge in [0.15, 0.2) is 11.6 Å². The molecule has 102 valence electrons. The van der Waals surface area contributed by atoms with E-state index in [1.807, 2.05) is 13.1 Å². The number of nitrogens with zero attached hydrogens (tertiary/aromatic N) is 4. The van der Waals surface area contributed by atoms with Gasteiger partial charge in [0.2, 0.25) is 5.88 Å². The first kappa shape index (κ1) is 13.3. The zero-order valence-electron chi connectivity index (χ0n) is 11.3. The van der Waals surface area contributed by atoms with Crippen LogP contribution >= 0.6 is 0 Å². The van der Waals surface area contributed by atoms with E-state index in [1.54, 1.807) is 31.1 Å². The van der Waals surface area contributed by atoms with Gasteiger partial charge in [-0.15, -0.1) is 0 Å². The molecular formula is C12H17N5O2. The molecule has 0 spiro atoms. The molecule has 1 N–H and O–H groups in total. The molecule has 0 bridgehead atoms. The van der Waals surface area contributed by atoms with Crippen LogP contribution in [0.4, 0.5) is 5.82 Å². The molecule has 2 aromatic heterocycles. The van der Waals surface area contributed by atoms with E-state index >= 15 is 0 Å². The Labute approximate surface area is 111 Å². The molecule has 2 heterocycles. The molecule has 7 nitrogen and oxygen atoms in total. The lowest BCUT2D eigenvalue weighted by molar-refractivity contribution is 0.177. The number of nitrogens with one attached hydrogen (secondary N) is 1. The van der Waals surface area contributed by atoms with Crippen molar-refractivity contribution >= 4 is 5.82 Å². The molecule has 0 aliphatic carbocycles. The van der Waals surface area contributed by atoms with Crippen LogP contribution < -0.4 is 10.1 Å². The third-order valence-corrected chi connectivity index (χ3v) is 2.43. The Bertz CT molecular complexity index is 541. The van der Waals surface area contributed by atoms with Gasteiger partial charge in [-0.1, -0.05) is 0 Å². The van der Waals surface area contributed by atoms with Gasteiger partial charge in [-0.2, -0.15) is 10.1 Å². The first-order valence-corrected chi connectivity index (χ1v) is 6.00. The quantitative estimate of drug-likeness (QED) is 0.854. The predicted octanol–water partition coefficient (Wildman–Crippen LogP) is 1.67. The van der Waals surface area contributed by atoms with Gasteiger partial charge in [0.05, 0.1) is 12.4 Å². The predicted molar refractivity (Wildman–Crippen MR) is 70.3 cm³/mol. The van der Waals surface area contributed by atoms with E-state index in [4.69, 9.17) is 9.47 Å². The third-order valence-electron chi connectivity index (χ3n) is 2.43. The molecule has 0 amide bonds. The first-order valence-electron chi connectivity index (χ1n) is 6.00. The maximum atomic E-state index is 5.66. The Morgan fingerprint density at radius 1 is 1.37 bits per heavy atom. The zero-order valence-corrected chi connectivity index (χ0v) is 11.3. The highest BCUT2D eigenvalue weighted by Crippen LogP contribution is 2.21. The van der Waals surface area contributed by atoms with Gasteiger partial charge in [0.1, 0.15) is 12.4 Å². The van der Waals surface area contributed by atoms with E-state index < -0.39 is 0 Å². The summed E-state index contributed by atoms with van der Waals surface area (Å²) in [6.07, 6.45) is 3.47. The molecule has 0 fully saturated rings. The SMILES string of the molecule is CCn1cc(Oc2cc(NC)nc(COC)n2)cn1. The summed E-state index contributed by atoms with van der Waals surface area (Å²) < 4.78 is 12.5. The van der Waals surface area contributed by atoms with E-state index in [0.29, 0.717) is 29.9 Å². The van der Waals surface area contributed by atoms with Crippen LogP contribution in [0.5, 0.6) is 11.6 Å². The lowest BCUT2D eigenvalue weighted by atomic mass is 10.5. The summed E-state index contributed by atoms with van der Waals surface area (Å²) in [7, 11) is 3.39. The minimum Gasteiger partial charge on any atom is -0.436 e. The summed E-state index contributed by atoms with van der Waals surface area (Å²) >= 11 is 0. The van der Waals surface area contributed by atoms with E-state index in [1.165, 1.54) is 0 Å². The zero-order chi connectivity index (χ0) is 13.7. The van der Waals surface area contributed by atoms with Crippen LogP contribution in [0, 0.1) is 0 Å². The Hall–Kier alpha value is -2.15. The fraction of sp³-hybridized carbons (Fsp3) is 0.417. The molecule has 2 rings (SSSR count). The second-order valence-electron chi connectivity index (χ2n) is 3.82. The smallest absolute Gasteiger partial charge is 0.224 e. The van der Waals surface area contributed by atoms with E-state index in [2.05, 4.69) is 20.4 Å². The minimum atomic E-state index is 0.333. The number of hydrogen-bond acceptors (Lipinski definition) is 6. The van der Waals surface area contributed by atoms with Crippen LogP contribution in [0.2, 0.25) is 0 Å². The van der Waals surface area contributed by atoms with Crippen molar-refractivity contribution in [1.29, 1.82) is 0 Å². The van der Waals surface area contributed by atoms with Gasteiger partial charge in [-0.3, -0.25) is 4.68 Å². The number of methoxy groups -OCH3 is 1. The summed E-state index contributed by atoms with van der Waals surface area (Å²) in [5, 5.41) is 7.10. The van der Waals surface area contributed by atoms with Gasteiger partial charge < -0.3 is 14.8 Å². The Balaban J connectivity index is 2.20. The summed E-state index contributed by atoms with van der Waals surface area (Å²) in [4.78, 5) is 8.52. The molecule has 19 heavy (non-hydrogen) atoms. The number of rotatable bonds is 6. The van der Waals surface area contributed by atoms with Crippen LogP contribution in [0.25, 0.3) is 0 Å². The number of anilines is 1. The lowest BCUT2D eigenvalue weighted by Crippen LogP contribution is -2.02. The maximum absolute atomic E-state index is 5.66. The van der Waals surface area contributed by atoms with Gasteiger partial charge in [0.25, 0.3) is 0 Å². The molecule has 0 aliphatic heterocycles. The Morgan fingerprint density at radius 3 is 2.84 bits per heavy atom. The molecule has 0 aliphatic rings. The fourth-order valence-corrected chi connectivity index (χ4v) is 1.54. The molecule has 0 aromatic carbocycles. The maximum Gasteiger partial charge on any atom is 0.224 e. The molecule has 0 radical (unpaired) electrons. The van der Waals surface area contributed by atoms with Crippen molar-refractivity contribution in [3.05, 3.63) is 24.3 Å². The molecule has 7 heteroatoms. The van der Waals surface area contributed by atoms with Crippen LogP contribution in [-0.2, 0) is 17.9 Å². The monoisotopic (exact) mass is 263 g/mol. The Morgan fingerprint density at radius 2 is 2.21 bits per heavy atom. The van der Waals surface area contributed by atoms with Gasteiger partial charge in [-0.25, -0.2) is 4.98 Å². The molecule has 2 aromatic rings. The fourth-order valence-electron chi connectivity index (χ4n) is 1.54. The molecule has 0 unspecified atom stereocenters. The second-order valence-corrected chi connectivity index (χ2v) is 3.82. The van der Waals surface area contributed by atoms with Crippen LogP contribution in [0.15, 0.2) is 18.5 Å². The number of aromatic nitrogens is 4. The van der Waals surface area contributed by atoms with Crippen molar-refractivity contribution in [1.82, 2.24) is 19.7 Å². The normalized spacial score (nSPS) is 10.5. The van der Waals surface area contributed by atoms with Crippen molar-refractivity contribution in [3.8, 4) is 11.6 Å². The summed E-state index contributed by atoms with van der Waals surface area (Å²) in [6.45, 7) is 3.14. The first-order chi connectivity index (χ1) is 9.25. The number of ether oxygens (including phenoxy) is 2. The standard InChI is InChI=1S/C12H17N5O2/c1-4-17-7-9(6-14-17)19-12-5-10(13-2)15-11(16-12)8-18-3/h5-7H,4,8H2,1-3H3,(H,13,15,16). The largest absolute Gasteiger partial charge is 0.436 e. The van der Waals surface area contributed by atoms with Crippen molar-refractivity contribution in [2.75, 3.05) is 19.5 Å². The lowest BCUT2D eigenvalue weighted by Gasteiger charge is -2.07. The molecular weight excluding hydrogens is 246 g/mol. The number of hydrogen-bond donors (Lipinski definition) is 1. The van der Waals surface area contributed by atoms with Crippen molar-refractivity contribution in [2.24, 2.45) is 0 Å². The van der Waals surface area contributed by atoms with Crippen molar-refractivity contribution < 1.29 is 9.47 Å². The average Bonchev–Trinajstić information content (AvgIpc) is 2.86. The van der Waals surface area contributed by atoms with E-state index in [9.17, 15) is 0 Å². The summed E-state index contributed by atoms with van der Waals surface area (Å²) in [6, 6.07) is 1.72. The Kier molecular flexibility index (Phi) is 4.30. The topological polar surface area (TPSA) is 74.1 Å². The van der Waals surface area contributed by atoms with Crippen LogP contribution in [-0.4, -0.2) is 33.9 Å². The van der Waals surface area contributed by atoms with Gasteiger partial charge >= 0.3 is 0 Å². The van der Waals surface area contributed by atoms with E-state index in [-0.39, 0.29) is 0 Å². The number of aryl methyl sites for hydroxylation is 1. The van der Waals surface area contributed by atoms with Gasteiger partial charge in [-0.05, 0) is 6.92 Å². The second kappa shape index (κ2) is 6.14. The molecule has 0 saturated heterocycles. The van der Waals surface area contributed by atoms with Crippen molar-refractivity contribution in [3.63, 3.8) is 0 Å². The highest BCUT2D eigenvalue weighted by Gasteiger charge is 2.07. The summed E-state index contributed by atoms with van der Waals surface area (Å²) in [5.74, 6) is 2.35. The van der Waals surface area contributed by atoms with Crippen molar-refractivity contribution in [2.45, 2.75) is 20.1 Å². The van der Waals surface area contributed by atoms with Crippen LogP contribution in [0.1, 0.15) is 12.7 Å². The highest BCUT2D eigenvalue weighted by molar-refractivity contribution is 5.38. The highest BCUT2D eigenvalue weighted by atomic mass is 16.5. The average molecular weight is 263 g/mol. The van der Waals surface area contributed by atoms with Crippen LogP contribution in [0.3, 0.4) is 0 Å². The summed E-state index contributed by atoms with van der Waals surface area (Å²) in [5.41, 5.74) is 0.